The number of anilines is 1. The molecule has 19 heavy (non-hydrogen) atoms. The van der Waals surface area contributed by atoms with E-state index in [-0.39, 0.29) is 5.88 Å². The van der Waals surface area contributed by atoms with Crippen molar-refractivity contribution in [2.75, 3.05) is 12.3 Å². The average molecular weight is 255 g/mol. The molecule has 0 aliphatic rings. The monoisotopic (exact) mass is 255 g/mol. The van der Waals surface area contributed by atoms with E-state index >= 15 is 0 Å². The van der Waals surface area contributed by atoms with Gasteiger partial charge < -0.3 is 15.2 Å². The number of benzene rings is 1. The molecule has 2 rings (SSSR count). The number of ether oxygens (including phenoxy) is 2. The van der Waals surface area contributed by atoms with Gasteiger partial charge in [-0.1, -0.05) is 0 Å². The van der Waals surface area contributed by atoms with Crippen molar-refractivity contribution in [3.05, 3.63) is 42.1 Å². The van der Waals surface area contributed by atoms with E-state index in [0.717, 1.165) is 5.75 Å². The van der Waals surface area contributed by atoms with Crippen molar-refractivity contribution in [3.8, 4) is 23.4 Å². The van der Waals surface area contributed by atoms with Gasteiger partial charge >= 0.3 is 0 Å². The van der Waals surface area contributed by atoms with Crippen molar-refractivity contribution in [1.29, 1.82) is 5.26 Å². The van der Waals surface area contributed by atoms with Crippen LogP contribution in [0.25, 0.3) is 0 Å². The van der Waals surface area contributed by atoms with Gasteiger partial charge in [0.05, 0.1) is 18.5 Å². The molecule has 0 unspecified atom stereocenters. The first-order chi connectivity index (χ1) is 9.22. The Kier molecular flexibility index (Phi) is 3.84. The van der Waals surface area contributed by atoms with Crippen molar-refractivity contribution < 1.29 is 9.47 Å². The first kappa shape index (κ1) is 12.7. The van der Waals surface area contributed by atoms with Gasteiger partial charge in [0.1, 0.15) is 23.1 Å². The van der Waals surface area contributed by atoms with Gasteiger partial charge in [-0.05, 0) is 37.3 Å². The number of nitrogens with two attached hydrogens (primary N) is 1. The number of hydrogen-bond acceptors (Lipinski definition) is 5. The molecule has 0 aliphatic carbocycles. The van der Waals surface area contributed by atoms with Crippen molar-refractivity contribution >= 4 is 5.69 Å². The van der Waals surface area contributed by atoms with Crippen LogP contribution in [0.2, 0.25) is 0 Å². The Morgan fingerprint density at radius 3 is 2.58 bits per heavy atom. The second-order valence-corrected chi connectivity index (χ2v) is 3.74. The van der Waals surface area contributed by atoms with E-state index in [9.17, 15) is 0 Å². The van der Waals surface area contributed by atoms with Crippen LogP contribution in [-0.4, -0.2) is 11.6 Å². The summed E-state index contributed by atoms with van der Waals surface area (Å²) in [6.07, 6.45) is 1.45. The summed E-state index contributed by atoms with van der Waals surface area (Å²) >= 11 is 0. The summed E-state index contributed by atoms with van der Waals surface area (Å²) < 4.78 is 10.9. The van der Waals surface area contributed by atoms with E-state index in [0.29, 0.717) is 23.6 Å². The standard InChI is InChI=1S/C14H13N3O2/c1-2-18-12-3-5-13(6-4-12)19-14-10(8-15)7-11(16)9-17-14/h3-7,9H,2,16H2,1H3. The highest BCUT2D eigenvalue weighted by Gasteiger charge is 2.07. The Morgan fingerprint density at radius 1 is 1.26 bits per heavy atom. The van der Waals surface area contributed by atoms with E-state index in [4.69, 9.17) is 20.5 Å². The van der Waals surface area contributed by atoms with Crippen molar-refractivity contribution in [2.45, 2.75) is 6.92 Å². The Morgan fingerprint density at radius 2 is 1.95 bits per heavy atom. The number of hydrogen-bond donors (Lipinski definition) is 1. The molecule has 0 radical (unpaired) electrons. The second-order valence-electron chi connectivity index (χ2n) is 3.74. The molecule has 5 heteroatoms. The van der Waals surface area contributed by atoms with Crippen LogP contribution in [0.4, 0.5) is 5.69 Å². The number of rotatable bonds is 4. The van der Waals surface area contributed by atoms with Gasteiger partial charge in [0.25, 0.3) is 0 Å². The largest absolute Gasteiger partial charge is 0.494 e. The van der Waals surface area contributed by atoms with Crippen LogP contribution in [0.1, 0.15) is 12.5 Å². The lowest BCUT2D eigenvalue weighted by Crippen LogP contribution is -1.95. The topological polar surface area (TPSA) is 81.2 Å². The van der Waals surface area contributed by atoms with Gasteiger partial charge in [-0.2, -0.15) is 5.26 Å². The molecular weight excluding hydrogens is 242 g/mol. The Labute approximate surface area is 111 Å². The molecular formula is C14H13N3O2. The number of nitriles is 1. The zero-order valence-electron chi connectivity index (χ0n) is 10.5. The summed E-state index contributed by atoms with van der Waals surface area (Å²) in [5, 5.41) is 8.99. The minimum absolute atomic E-state index is 0.237. The molecule has 5 nitrogen and oxygen atoms in total. The summed E-state index contributed by atoms with van der Waals surface area (Å²) in [5.74, 6) is 1.58. The maximum atomic E-state index is 8.99. The van der Waals surface area contributed by atoms with Gasteiger partial charge in [-0.25, -0.2) is 4.98 Å². The first-order valence-electron chi connectivity index (χ1n) is 5.79. The SMILES string of the molecule is CCOc1ccc(Oc2ncc(N)cc2C#N)cc1. The normalized spacial score (nSPS) is 9.68. The summed E-state index contributed by atoms with van der Waals surface area (Å²) in [6, 6.07) is 10.6. The van der Waals surface area contributed by atoms with Crippen molar-refractivity contribution in [1.82, 2.24) is 4.98 Å². The van der Waals surface area contributed by atoms with E-state index in [1.54, 1.807) is 24.3 Å². The zero-order valence-corrected chi connectivity index (χ0v) is 10.5. The molecule has 2 N–H and O–H groups in total. The lowest BCUT2D eigenvalue weighted by molar-refractivity contribution is 0.339. The molecule has 0 spiro atoms. The third-order valence-corrected chi connectivity index (χ3v) is 2.34. The fraction of sp³-hybridized carbons (Fsp3) is 0.143. The quantitative estimate of drug-likeness (QED) is 0.908. The van der Waals surface area contributed by atoms with Crippen LogP contribution in [0.3, 0.4) is 0 Å². The van der Waals surface area contributed by atoms with E-state index < -0.39 is 0 Å². The smallest absolute Gasteiger partial charge is 0.237 e. The van der Waals surface area contributed by atoms with Gasteiger partial charge in [0.2, 0.25) is 5.88 Å². The highest BCUT2D eigenvalue weighted by Crippen LogP contribution is 2.25. The molecule has 0 saturated carbocycles. The number of nitrogen functional groups attached to an aromatic ring is 1. The number of pyridine rings is 1. The Hall–Kier alpha value is -2.74. The summed E-state index contributed by atoms with van der Waals surface area (Å²) in [6.45, 7) is 2.53. The minimum atomic E-state index is 0.237. The molecule has 0 aliphatic heterocycles. The van der Waals surface area contributed by atoms with E-state index in [1.165, 1.54) is 12.3 Å². The number of nitrogens with zero attached hydrogens (tertiary/aromatic N) is 2. The van der Waals surface area contributed by atoms with Crippen LogP contribution in [0, 0.1) is 11.3 Å². The van der Waals surface area contributed by atoms with Crippen LogP contribution >= 0.6 is 0 Å². The third kappa shape index (κ3) is 3.13. The lowest BCUT2D eigenvalue weighted by Gasteiger charge is -2.08. The summed E-state index contributed by atoms with van der Waals surface area (Å²) in [7, 11) is 0. The average Bonchev–Trinajstić information content (AvgIpc) is 2.43. The zero-order chi connectivity index (χ0) is 13.7. The highest BCUT2D eigenvalue weighted by molar-refractivity contribution is 5.49. The highest BCUT2D eigenvalue weighted by atomic mass is 16.5. The molecule has 1 aromatic heterocycles. The van der Waals surface area contributed by atoms with Gasteiger partial charge in [0, 0.05) is 0 Å². The third-order valence-electron chi connectivity index (χ3n) is 2.34. The predicted molar refractivity (Wildman–Crippen MR) is 71.0 cm³/mol. The fourth-order valence-electron chi connectivity index (χ4n) is 1.51. The van der Waals surface area contributed by atoms with Gasteiger partial charge in [-0.3, -0.25) is 0 Å². The van der Waals surface area contributed by atoms with Crippen LogP contribution in [0.15, 0.2) is 36.5 Å². The maximum absolute atomic E-state index is 8.99. The molecule has 2 aromatic rings. The predicted octanol–water partition coefficient (Wildman–Crippen LogP) is 2.73. The molecule has 0 bridgehead atoms. The van der Waals surface area contributed by atoms with Crippen LogP contribution in [0.5, 0.6) is 17.4 Å². The second kappa shape index (κ2) is 5.74. The van der Waals surface area contributed by atoms with E-state index in [1.807, 2.05) is 13.0 Å². The maximum Gasteiger partial charge on any atom is 0.237 e. The van der Waals surface area contributed by atoms with Gasteiger partial charge in [-0.15, -0.1) is 0 Å². The minimum Gasteiger partial charge on any atom is -0.494 e. The lowest BCUT2D eigenvalue weighted by atomic mass is 10.2. The molecule has 1 aromatic carbocycles. The molecule has 0 fully saturated rings. The summed E-state index contributed by atoms with van der Waals surface area (Å²) in [4.78, 5) is 4.00. The van der Waals surface area contributed by atoms with Gasteiger partial charge in [0.15, 0.2) is 0 Å². The summed E-state index contributed by atoms with van der Waals surface area (Å²) in [5.41, 5.74) is 6.29. The first-order valence-corrected chi connectivity index (χ1v) is 5.79. The molecule has 0 saturated heterocycles. The van der Waals surface area contributed by atoms with Crippen LogP contribution in [-0.2, 0) is 0 Å². The Bertz CT molecular complexity index is 603. The fourth-order valence-corrected chi connectivity index (χ4v) is 1.51. The molecule has 0 amide bonds. The molecule has 1 heterocycles. The van der Waals surface area contributed by atoms with Crippen molar-refractivity contribution in [3.63, 3.8) is 0 Å². The molecule has 96 valence electrons. The molecule has 0 atom stereocenters. The van der Waals surface area contributed by atoms with Crippen molar-refractivity contribution in [2.24, 2.45) is 0 Å². The van der Waals surface area contributed by atoms with Crippen LogP contribution < -0.4 is 15.2 Å². The Balaban J connectivity index is 2.19. The van der Waals surface area contributed by atoms with E-state index in [2.05, 4.69) is 4.98 Å². The number of aromatic nitrogens is 1.